The van der Waals surface area contributed by atoms with Crippen LogP contribution >= 0.6 is 11.6 Å². The number of halogens is 1. The molecule has 12 nitrogen and oxygen atoms in total. The van der Waals surface area contributed by atoms with Crippen LogP contribution in [0.4, 0.5) is 17.2 Å². The van der Waals surface area contributed by atoms with Gasteiger partial charge in [-0.15, -0.1) is 0 Å². The molecule has 0 fully saturated rings. The van der Waals surface area contributed by atoms with Crippen LogP contribution in [-0.2, 0) is 19.7 Å². The summed E-state index contributed by atoms with van der Waals surface area (Å²) in [6.07, 6.45) is 0.848. The molecule has 30 heavy (non-hydrogen) atoms. The van der Waals surface area contributed by atoms with Crippen LogP contribution in [-0.4, -0.2) is 46.4 Å². The molecule has 4 N–H and O–H groups in total. The van der Waals surface area contributed by atoms with Gasteiger partial charge < -0.3 is 15.7 Å². The lowest BCUT2D eigenvalue weighted by atomic mass is 10.2. The maximum Gasteiger partial charge on any atom is 0.305 e. The van der Waals surface area contributed by atoms with E-state index in [2.05, 4.69) is 15.6 Å². The fourth-order valence-corrected chi connectivity index (χ4v) is 2.49. The average molecular weight is 461 g/mol. The molecular formula is C16H17ClN4O8S. The zero-order chi connectivity index (χ0) is 22.9. The molecule has 0 aliphatic carbocycles. The van der Waals surface area contributed by atoms with Crippen molar-refractivity contribution < 1.29 is 32.6 Å². The summed E-state index contributed by atoms with van der Waals surface area (Å²) in [6, 6.07) is 6.59. The van der Waals surface area contributed by atoms with Crippen LogP contribution in [0.15, 0.2) is 41.4 Å². The van der Waals surface area contributed by atoms with Gasteiger partial charge in [-0.2, -0.15) is 8.42 Å². The van der Waals surface area contributed by atoms with Gasteiger partial charge in [0.15, 0.2) is 0 Å². The van der Waals surface area contributed by atoms with Crippen LogP contribution < -0.4 is 10.6 Å². The highest BCUT2D eigenvalue weighted by atomic mass is 35.5. The number of nitrogens with one attached hydrogen (secondary N) is 2. The maximum atomic E-state index is 10.7. The van der Waals surface area contributed by atoms with Gasteiger partial charge in [-0.1, -0.05) is 11.6 Å². The molecule has 0 saturated heterocycles. The minimum Gasteiger partial charge on any atom is -0.481 e. The number of carbonyl (C=O) groups is 2. The number of nitro benzene ring substituents is 1. The van der Waals surface area contributed by atoms with Crippen molar-refractivity contribution in [2.45, 2.75) is 18.2 Å². The first kappa shape index (κ1) is 24.7. The first-order valence-electron chi connectivity index (χ1n) is 8.01. The number of carboxylic acids is 1. The number of hydrogen-bond donors (Lipinski definition) is 4. The predicted molar refractivity (Wildman–Crippen MR) is 107 cm³/mol. The number of nitro groups is 1. The molecule has 14 heteroatoms. The van der Waals surface area contributed by atoms with Crippen LogP contribution in [0.5, 0.6) is 0 Å². The third-order valence-corrected chi connectivity index (χ3v) is 4.22. The monoisotopic (exact) mass is 460 g/mol. The van der Waals surface area contributed by atoms with Crippen molar-refractivity contribution in [2.75, 3.05) is 17.2 Å². The molecule has 0 aliphatic rings. The summed E-state index contributed by atoms with van der Waals surface area (Å²) in [4.78, 5) is 34.2. The number of hydrogen-bond acceptors (Lipinski definition) is 8. The fraction of sp³-hybridized carbons (Fsp3) is 0.188. The summed E-state index contributed by atoms with van der Waals surface area (Å²) in [7, 11) is -4.22. The number of rotatable bonds is 7. The lowest BCUT2D eigenvalue weighted by molar-refractivity contribution is -0.383. The van der Waals surface area contributed by atoms with Crippen LogP contribution in [0.2, 0.25) is 5.02 Å². The van der Waals surface area contributed by atoms with Crippen LogP contribution in [0.25, 0.3) is 0 Å². The maximum absolute atomic E-state index is 10.7. The Morgan fingerprint density at radius 3 is 2.40 bits per heavy atom. The zero-order valence-corrected chi connectivity index (χ0v) is 17.0. The molecular weight excluding hydrogens is 444 g/mol. The Kier molecular flexibility index (Phi) is 9.11. The van der Waals surface area contributed by atoms with Crippen molar-refractivity contribution in [2.24, 2.45) is 0 Å². The van der Waals surface area contributed by atoms with Gasteiger partial charge in [-0.05, 0) is 24.3 Å². The second-order valence-corrected chi connectivity index (χ2v) is 7.38. The van der Waals surface area contributed by atoms with Gasteiger partial charge in [-0.3, -0.25) is 24.3 Å². The normalized spacial score (nSPS) is 10.4. The van der Waals surface area contributed by atoms with Crippen molar-refractivity contribution in [3.8, 4) is 0 Å². The molecule has 0 aliphatic heterocycles. The van der Waals surface area contributed by atoms with Crippen LogP contribution in [0.3, 0.4) is 0 Å². The Balaban J connectivity index is 0.000000303. The SMILES string of the molecule is CC(=O)Nc1ccc(S(=O)(=O)O)cn1.O=C(O)CCNc1ccc(Cl)cc1[N+](=O)[O-]. The standard InChI is InChI=1S/C9H9ClN2O4.C7H8N2O4S/c10-6-1-2-7(8(5-6)12(15)16)11-4-3-9(13)14;1-5(10)9-7-3-2-6(4-8-7)14(11,12)13/h1-2,5,11H,3-4H2,(H,13,14);2-4H,1H3,(H,8,9,10)(H,11,12,13). The molecule has 0 radical (unpaired) electrons. The molecule has 2 aromatic rings. The molecule has 0 bridgehead atoms. The van der Waals surface area contributed by atoms with E-state index >= 15 is 0 Å². The largest absolute Gasteiger partial charge is 0.481 e. The van der Waals surface area contributed by atoms with Crippen LogP contribution in [0.1, 0.15) is 13.3 Å². The van der Waals surface area contributed by atoms with E-state index in [0.29, 0.717) is 0 Å². The van der Waals surface area contributed by atoms with E-state index < -0.39 is 21.0 Å². The first-order valence-corrected chi connectivity index (χ1v) is 9.82. The Morgan fingerprint density at radius 2 is 1.93 bits per heavy atom. The number of amides is 1. The number of carbonyl (C=O) groups excluding carboxylic acids is 1. The zero-order valence-electron chi connectivity index (χ0n) is 15.4. The van der Waals surface area contributed by atoms with E-state index in [0.717, 1.165) is 12.3 Å². The Morgan fingerprint density at radius 1 is 1.27 bits per heavy atom. The molecule has 162 valence electrons. The Labute approximate surface area is 175 Å². The molecule has 1 aromatic heterocycles. The van der Waals surface area contributed by atoms with Crippen LogP contribution in [0, 0.1) is 10.1 Å². The summed E-state index contributed by atoms with van der Waals surface area (Å²) in [5.41, 5.74) is 0.0912. The molecule has 1 amide bonds. The molecule has 1 heterocycles. The third kappa shape index (κ3) is 8.81. The van der Waals surface area contributed by atoms with E-state index in [-0.39, 0.29) is 46.0 Å². The second kappa shape index (κ2) is 11.0. The second-order valence-electron chi connectivity index (χ2n) is 5.52. The summed E-state index contributed by atoms with van der Waals surface area (Å²) >= 11 is 5.62. The molecule has 0 saturated carbocycles. The number of nitrogens with zero attached hydrogens (tertiary/aromatic N) is 2. The Bertz CT molecular complexity index is 1030. The molecule has 0 atom stereocenters. The first-order chi connectivity index (χ1) is 13.9. The number of aromatic nitrogens is 1. The predicted octanol–water partition coefficient (Wildman–Crippen LogP) is 2.42. The number of aliphatic carboxylic acids is 1. The Hall–Kier alpha value is -3.29. The topological polar surface area (TPSA) is 189 Å². The van der Waals surface area contributed by atoms with Gasteiger partial charge in [-0.25, -0.2) is 4.98 Å². The number of pyridine rings is 1. The van der Waals surface area contributed by atoms with Crippen molar-refractivity contribution in [1.29, 1.82) is 0 Å². The lowest BCUT2D eigenvalue weighted by Gasteiger charge is -2.05. The summed E-state index contributed by atoms with van der Waals surface area (Å²) in [5, 5.41) is 24.4. The van der Waals surface area contributed by atoms with E-state index in [4.69, 9.17) is 21.3 Å². The van der Waals surface area contributed by atoms with E-state index in [1.165, 1.54) is 31.2 Å². The highest BCUT2D eigenvalue weighted by Crippen LogP contribution is 2.27. The van der Waals surface area contributed by atoms with Crippen molar-refractivity contribution in [1.82, 2.24) is 4.98 Å². The van der Waals surface area contributed by atoms with Crippen molar-refractivity contribution in [3.63, 3.8) is 0 Å². The number of anilines is 2. The average Bonchev–Trinajstić information content (AvgIpc) is 2.62. The van der Waals surface area contributed by atoms with E-state index in [1.54, 1.807) is 0 Å². The third-order valence-electron chi connectivity index (χ3n) is 3.15. The number of benzene rings is 1. The van der Waals surface area contributed by atoms with Gasteiger partial charge in [0.25, 0.3) is 15.8 Å². The molecule has 0 unspecified atom stereocenters. The minimum absolute atomic E-state index is 0.111. The quantitative estimate of drug-likeness (QED) is 0.271. The van der Waals surface area contributed by atoms with E-state index in [1.807, 2.05) is 0 Å². The minimum atomic E-state index is -4.22. The highest BCUT2D eigenvalue weighted by molar-refractivity contribution is 7.85. The summed E-state index contributed by atoms with van der Waals surface area (Å²) in [5.74, 6) is -1.05. The highest BCUT2D eigenvalue weighted by Gasteiger charge is 2.14. The van der Waals surface area contributed by atoms with Gasteiger partial charge in [0.1, 0.15) is 16.4 Å². The lowest BCUT2D eigenvalue weighted by Crippen LogP contribution is -2.08. The van der Waals surface area contributed by atoms with Gasteiger partial charge >= 0.3 is 5.97 Å². The summed E-state index contributed by atoms with van der Waals surface area (Å²) < 4.78 is 29.8. The van der Waals surface area contributed by atoms with Crippen molar-refractivity contribution >= 4 is 50.8 Å². The fourth-order valence-electron chi connectivity index (χ4n) is 1.90. The number of carboxylic acid groups (broad SMARTS) is 1. The molecule has 1 aromatic carbocycles. The van der Waals surface area contributed by atoms with E-state index in [9.17, 15) is 28.1 Å². The van der Waals surface area contributed by atoms with Gasteiger partial charge in [0, 0.05) is 24.6 Å². The van der Waals surface area contributed by atoms with Gasteiger partial charge in [0.05, 0.1) is 17.5 Å². The summed E-state index contributed by atoms with van der Waals surface area (Å²) in [6.45, 7) is 1.43. The van der Waals surface area contributed by atoms with Gasteiger partial charge in [0.2, 0.25) is 5.91 Å². The van der Waals surface area contributed by atoms with Crippen molar-refractivity contribution in [3.05, 3.63) is 51.7 Å². The molecule has 0 spiro atoms. The molecule has 2 rings (SSSR count). The smallest absolute Gasteiger partial charge is 0.305 e.